The third kappa shape index (κ3) is 3.57. The van der Waals surface area contributed by atoms with E-state index in [2.05, 4.69) is 32.5 Å². The number of rotatable bonds is 5. The molecule has 0 saturated carbocycles. The summed E-state index contributed by atoms with van der Waals surface area (Å²) in [5.74, 6) is 3.07. The molecule has 0 aliphatic carbocycles. The summed E-state index contributed by atoms with van der Waals surface area (Å²) in [4.78, 5) is 15.2. The van der Waals surface area contributed by atoms with Crippen molar-refractivity contribution in [3.8, 4) is 5.75 Å². The minimum atomic E-state index is -0.206. The predicted octanol–water partition coefficient (Wildman–Crippen LogP) is 2.84. The number of para-hydroxylation sites is 2. The molecule has 0 radical (unpaired) electrons. The smallest absolute Gasteiger partial charge is 0.293 e. The maximum absolute atomic E-state index is 12.8. The number of methoxy groups -OCH3 is 1. The van der Waals surface area contributed by atoms with Crippen molar-refractivity contribution in [1.29, 1.82) is 0 Å². The number of likely N-dealkylation sites (tertiary alicyclic amines) is 1. The van der Waals surface area contributed by atoms with Gasteiger partial charge in [0.15, 0.2) is 0 Å². The van der Waals surface area contributed by atoms with Crippen molar-refractivity contribution < 1.29 is 9.53 Å². The van der Waals surface area contributed by atoms with E-state index in [4.69, 9.17) is 4.74 Å². The number of amides is 1. The fourth-order valence-electron chi connectivity index (χ4n) is 4.70. The van der Waals surface area contributed by atoms with Gasteiger partial charge in [-0.1, -0.05) is 36.4 Å². The largest absolute Gasteiger partial charge is 0.496 e. The van der Waals surface area contributed by atoms with Crippen molar-refractivity contribution >= 4 is 11.6 Å². The Hall–Kier alpha value is -3.19. The summed E-state index contributed by atoms with van der Waals surface area (Å²) >= 11 is 0. The van der Waals surface area contributed by atoms with Crippen LogP contribution in [0.25, 0.3) is 0 Å². The highest BCUT2D eigenvalue weighted by atomic mass is 16.5. The third-order valence-corrected chi connectivity index (χ3v) is 6.16. The van der Waals surface area contributed by atoms with Crippen LogP contribution in [0.3, 0.4) is 0 Å². The van der Waals surface area contributed by atoms with Crippen LogP contribution in [-0.2, 0) is 19.5 Å². The normalized spacial score (nSPS) is 20.4. The van der Waals surface area contributed by atoms with Gasteiger partial charge in [0.2, 0.25) is 5.82 Å². The lowest BCUT2D eigenvalue weighted by atomic mass is 9.89. The Morgan fingerprint density at radius 3 is 2.63 bits per heavy atom. The van der Waals surface area contributed by atoms with Crippen LogP contribution < -0.4 is 10.1 Å². The number of aromatic nitrogens is 3. The molecule has 1 saturated heterocycles. The highest BCUT2D eigenvalue weighted by molar-refractivity contribution is 6.01. The molecule has 2 atom stereocenters. The van der Waals surface area contributed by atoms with E-state index in [1.54, 1.807) is 7.11 Å². The molecule has 2 aliphatic rings. The Morgan fingerprint density at radius 2 is 1.80 bits per heavy atom. The molecule has 7 nitrogen and oxygen atoms in total. The van der Waals surface area contributed by atoms with Gasteiger partial charge in [-0.25, -0.2) is 0 Å². The summed E-state index contributed by atoms with van der Waals surface area (Å²) in [6.45, 7) is 3.69. The fraction of sp³-hybridized carbons (Fsp3) is 0.348. The number of carbonyl (C=O) groups is 1. The van der Waals surface area contributed by atoms with E-state index in [0.717, 1.165) is 49.9 Å². The van der Waals surface area contributed by atoms with Crippen LogP contribution in [0.1, 0.15) is 22.0 Å². The van der Waals surface area contributed by atoms with Gasteiger partial charge in [0.25, 0.3) is 5.91 Å². The number of benzene rings is 2. The molecule has 30 heavy (non-hydrogen) atoms. The molecule has 1 fully saturated rings. The van der Waals surface area contributed by atoms with Gasteiger partial charge in [-0.3, -0.25) is 9.69 Å². The molecule has 2 unspecified atom stereocenters. The first-order valence-electron chi connectivity index (χ1n) is 10.3. The van der Waals surface area contributed by atoms with Gasteiger partial charge in [0.1, 0.15) is 11.6 Å². The molecular formula is C23H25N5O2. The molecule has 1 aromatic heterocycles. The number of hydrogen-bond donors (Lipinski definition) is 1. The minimum Gasteiger partial charge on any atom is -0.496 e. The van der Waals surface area contributed by atoms with Crippen LogP contribution in [0.15, 0.2) is 54.6 Å². The number of hydrogen-bond acceptors (Lipinski definition) is 5. The van der Waals surface area contributed by atoms with E-state index in [0.29, 0.717) is 17.7 Å². The monoisotopic (exact) mass is 403 g/mol. The molecule has 5 rings (SSSR count). The van der Waals surface area contributed by atoms with E-state index in [9.17, 15) is 4.79 Å². The lowest BCUT2D eigenvalue weighted by Crippen LogP contribution is -2.31. The molecule has 154 valence electrons. The number of nitrogens with zero attached hydrogens (tertiary/aromatic N) is 4. The van der Waals surface area contributed by atoms with Crippen molar-refractivity contribution in [1.82, 2.24) is 19.7 Å². The average Bonchev–Trinajstić information content (AvgIpc) is 3.35. The average molecular weight is 403 g/mol. The van der Waals surface area contributed by atoms with Gasteiger partial charge in [0.05, 0.1) is 7.11 Å². The van der Waals surface area contributed by atoms with Crippen LogP contribution in [0.2, 0.25) is 0 Å². The van der Waals surface area contributed by atoms with Crippen molar-refractivity contribution in [3.63, 3.8) is 0 Å². The maximum Gasteiger partial charge on any atom is 0.293 e. The lowest BCUT2D eigenvalue weighted by Gasteiger charge is -2.25. The molecule has 3 heterocycles. The van der Waals surface area contributed by atoms with E-state index in [1.165, 1.54) is 5.56 Å². The Kier molecular flexibility index (Phi) is 4.96. The van der Waals surface area contributed by atoms with E-state index < -0.39 is 0 Å². The number of nitrogens with one attached hydrogen (secondary N) is 1. The number of fused-ring (bicyclic) bond motifs is 2. The Morgan fingerprint density at radius 1 is 1.03 bits per heavy atom. The van der Waals surface area contributed by atoms with Gasteiger partial charge in [-0.05, 0) is 30.0 Å². The molecule has 0 bridgehead atoms. The van der Waals surface area contributed by atoms with Gasteiger partial charge >= 0.3 is 0 Å². The second-order valence-corrected chi connectivity index (χ2v) is 8.10. The van der Waals surface area contributed by atoms with Crippen molar-refractivity contribution in [2.45, 2.75) is 19.5 Å². The fourth-order valence-corrected chi connectivity index (χ4v) is 4.70. The summed E-state index contributed by atoms with van der Waals surface area (Å²) in [7, 11) is 1.72. The highest BCUT2D eigenvalue weighted by Crippen LogP contribution is 2.34. The van der Waals surface area contributed by atoms with Crippen molar-refractivity contribution in [2.75, 3.05) is 25.5 Å². The topological polar surface area (TPSA) is 72.3 Å². The quantitative estimate of drug-likeness (QED) is 0.709. The molecule has 2 aromatic carbocycles. The Balaban J connectivity index is 1.28. The highest BCUT2D eigenvalue weighted by Gasteiger charge is 2.39. The number of carbonyl (C=O) groups excluding carboxylic acids is 1. The van der Waals surface area contributed by atoms with Crippen LogP contribution in [-0.4, -0.2) is 45.8 Å². The standard InChI is InChI=1S/C23H25N5O2/c1-30-20-10-6-5-7-16(20)12-27-13-17-11-21-25-26-22(28(21)15-18(17)14-27)23(29)24-19-8-3-2-4-9-19/h2-10,17-18H,11-15H2,1H3,(H,24,29). The maximum atomic E-state index is 12.8. The molecule has 3 aromatic rings. The SMILES string of the molecule is COc1ccccc1CN1CC2Cc3nnc(C(=O)Nc4ccccc4)n3CC2C1. The molecule has 2 aliphatic heterocycles. The summed E-state index contributed by atoms with van der Waals surface area (Å²) < 4.78 is 7.52. The minimum absolute atomic E-state index is 0.206. The second-order valence-electron chi connectivity index (χ2n) is 8.10. The van der Waals surface area contributed by atoms with Crippen molar-refractivity contribution in [3.05, 3.63) is 71.8 Å². The van der Waals surface area contributed by atoms with E-state index >= 15 is 0 Å². The van der Waals surface area contributed by atoms with Gasteiger partial charge in [-0.2, -0.15) is 0 Å². The second kappa shape index (κ2) is 7.91. The molecular weight excluding hydrogens is 378 g/mol. The zero-order chi connectivity index (χ0) is 20.5. The van der Waals surface area contributed by atoms with Crippen LogP contribution >= 0.6 is 0 Å². The zero-order valence-electron chi connectivity index (χ0n) is 17.0. The van der Waals surface area contributed by atoms with Crippen molar-refractivity contribution in [2.24, 2.45) is 11.8 Å². The Labute approximate surface area is 175 Å². The summed E-state index contributed by atoms with van der Waals surface area (Å²) in [6.07, 6.45) is 0.860. The molecule has 1 N–H and O–H groups in total. The summed E-state index contributed by atoms with van der Waals surface area (Å²) in [6, 6.07) is 17.6. The first-order chi connectivity index (χ1) is 14.7. The molecule has 7 heteroatoms. The number of ether oxygens (including phenoxy) is 1. The van der Waals surface area contributed by atoms with Gasteiger partial charge < -0.3 is 14.6 Å². The Bertz CT molecular complexity index is 1050. The summed E-state index contributed by atoms with van der Waals surface area (Å²) in [5, 5.41) is 11.5. The summed E-state index contributed by atoms with van der Waals surface area (Å²) in [5.41, 5.74) is 1.97. The molecule has 1 amide bonds. The van der Waals surface area contributed by atoms with E-state index in [-0.39, 0.29) is 5.91 Å². The zero-order valence-corrected chi connectivity index (χ0v) is 17.0. The third-order valence-electron chi connectivity index (χ3n) is 6.16. The molecule has 0 spiro atoms. The van der Waals surface area contributed by atoms with Gasteiger partial charge in [-0.15, -0.1) is 10.2 Å². The first-order valence-corrected chi connectivity index (χ1v) is 10.3. The van der Waals surface area contributed by atoms with E-state index in [1.807, 2.05) is 47.0 Å². The van der Waals surface area contributed by atoms with Crippen LogP contribution in [0, 0.1) is 11.8 Å². The first kappa shape index (κ1) is 18.8. The van der Waals surface area contributed by atoms with Gasteiger partial charge in [0, 0.05) is 43.9 Å². The van der Waals surface area contributed by atoms with Crippen LogP contribution in [0.4, 0.5) is 5.69 Å². The predicted molar refractivity (Wildman–Crippen MR) is 113 cm³/mol. The number of anilines is 1. The van der Waals surface area contributed by atoms with Crippen LogP contribution in [0.5, 0.6) is 5.75 Å². The lowest BCUT2D eigenvalue weighted by molar-refractivity contribution is 0.100.